The number of hydrogen-bond donors (Lipinski definition) is 1. The van der Waals surface area contributed by atoms with E-state index in [1.807, 2.05) is 19.1 Å². The molecule has 3 rings (SSSR count). The van der Waals surface area contributed by atoms with E-state index in [0.29, 0.717) is 25.9 Å². The molecule has 1 aromatic carbocycles. The van der Waals surface area contributed by atoms with Gasteiger partial charge in [0.05, 0.1) is 6.61 Å². The molecule has 0 radical (unpaired) electrons. The molecule has 1 aromatic rings. The van der Waals surface area contributed by atoms with Crippen molar-refractivity contribution in [3.8, 4) is 17.2 Å². The SMILES string of the molecule is CCOCCOc1cc2c(cc1CNC1CC1)OCO2. The summed E-state index contributed by atoms with van der Waals surface area (Å²) in [5.74, 6) is 2.41. The zero-order valence-electron chi connectivity index (χ0n) is 11.8. The van der Waals surface area contributed by atoms with Gasteiger partial charge in [-0.1, -0.05) is 0 Å². The van der Waals surface area contributed by atoms with Crippen LogP contribution in [-0.2, 0) is 11.3 Å². The molecular formula is C15H21NO4. The molecule has 2 aliphatic rings. The van der Waals surface area contributed by atoms with E-state index >= 15 is 0 Å². The van der Waals surface area contributed by atoms with E-state index in [2.05, 4.69) is 5.32 Å². The van der Waals surface area contributed by atoms with Gasteiger partial charge in [-0.25, -0.2) is 0 Å². The summed E-state index contributed by atoms with van der Waals surface area (Å²) >= 11 is 0. The van der Waals surface area contributed by atoms with Gasteiger partial charge in [0.25, 0.3) is 0 Å². The molecule has 1 heterocycles. The minimum Gasteiger partial charge on any atom is -0.491 e. The lowest BCUT2D eigenvalue weighted by atomic mass is 10.1. The van der Waals surface area contributed by atoms with E-state index in [9.17, 15) is 0 Å². The molecule has 5 nitrogen and oxygen atoms in total. The topological polar surface area (TPSA) is 49.0 Å². The third-order valence-corrected chi connectivity index (χ3v) is 3.40. The Kier molecular flexibility index (Phi) is 4.28. The first-order chi connectivity index (χ1) is 9.86. The predicted octanol–water partition coefficient (Wildman–Crippen LogP) is 2.08. The lowest BCUT2D eigenvalue weighted by molar-refractivity contribution is 0.109. The number of ether oxygens (including phenoxy) is 4. The highest BCUT2D eigenvalue weighted by Crippen LogP contribution is 2.38. The minimum absolute atomic E-state index is 0.285. The second-order valence-corrected chi connectivity index (χ2v) is 5.01. The minimum atomic E-state index is 0.285. The predicted molar refractivity (Wildman–Crippen MR) is 74.4 cm³/mol. The molecule has 110 valence electrons. The van der Waals surface area contributed by atoms with Crippen molar-refractivity contribution < 1.29 is 18.9 Å². The number of benzene rings is 1. The fourth-order valence-corrected chi connectivity index (χ4v) is 2.13. The van der Waals surface area contributed by atoms with Crippen LogP contribution in [0.1, 0.15) is 25.3 Å². The summed E-state index contributed by atoms with van der Waals surface area (Å²) in [4.78, 5) is 0. The lowest BCUT2D eigenvalue weighted by Crippen LogP contribution is -2.16. The average molecular weight is 279 g/mol. The van der Waals surface area contributed by atoms with Gasteiger partial charge in [0.15, 0.2) is 11.5 Å². The van der Waals surface area contributed by atoms with E-state index in [4.69, 9.17) is 18.9 Å². The molecular weight excluding hydrogens is 258 g/mol. The van der Waals surface area contributed by atoms with E-state index in [1.165, 1.54) is 12.8 Å². The van der Waals surface area contributed by atoms with Gasteiger partial charge in [0.2, 0.25) is 6.79 Å². The van der Waals surface area contributed by atoms with Gasteiger partial charge >= 0.3 is 0 Å². The highest BCUT2D eigenvalue weighted by molar-refractivity contribution is 5.51. The first-order valence-corrected chi connectivity index (χ1v) is 7.23. The van der Waals surface area contributed by atoms with Crippen LogP contribution in [0.2, 0.25) is 0 Å². The Bertz CT molecular complexity index is 459. The van der Waals surface area contributed by atoms with Crippen molar-refractivity contribution in [3.05, 3.63) is 17.7 Å². The maximum Gasteiger partial charge on any atom is 0.231 e. The second-order valence-electron chi connectivity index (χ2n) is 5.01. The van der Waals surface area contributed by atoms with E-state index in [-0.39, 0.29) is 6.79 Å². The zero-order chi connectivity index (χ0) is 13.8. The van der Waals surface area contributed by atoms with Crippen molar-refractivity contribution in [2.24, 2.45) is 0 Å². The Morgan fingerprint density at radius 3 is 2.75 bits per heavy atom. The zero-order valence-corrected chi connectivity index (χ0v) is 11.8. The van der Waals surface area contributed by atoms with Gasteiger partial charge in [-0.05, 0) is 25.8 Å². The Balaban J connectivity index is 1.67. The van der Waals surface area contributed by atoms with Crippen LogP contribution in [0.25, 0.3) is 0 Å². The average Bonchev–Trinajstić information content (AvgIpc) is 3.18. The molecule has 1 aliphatic carbocycles. The van der Waals surface area contributed by atoms with Gasteiger partial charge < -0.3 is 24.3 Å². The lowest BCUT2D eigenvalue weighted by Gasteiger charge is -2.13. The van der Waals surface area contributed by atoms with Crippen LogP contribution in [0.15, 0.2) is 12.1 Å². The largest absolute Gasteiger partial charge is 0.491 e. The van der Waals surface area contributed by atoms with Crippen LogP contribution in [-0.4, -0.2) is 32.7 Å². The third kappa shape index (κ3) is 3.35. The molecule has 1 saturated carbocycles. The van der Waals surface area contributed by atoms with Gasteiger partial charge in [0, 0.05) is 30.8 Å². The summed E-state index contributed by atoms with van der Waals surface area (Å²) in [5.41, 5.74) is 1.11. The van der Waals surface area contributed by atoms with E-state index in [1.54, 1.807) is 0 Å². The Morgan fingerprint density at radius 1 is 1.20 bits per heavy atom. The van der Waals surface area contributed by atoms with Crippen molar-refractivity contribution in [2.45, 2.75) is 32.4 Å². The molecule has 1 fully saturated rings. The van der Waals surface area contributed by atoms with Gasteiger partial charge in [0.1, 0.15) is 12.4 Å². The van der Waals surface area contributed by atoms with Crippen molar-refractivity contribution >= 4 is 0 Å². The maximum atomic E-state index is 5.82. The molecule has 0 saturated heterocycles. The summed E-state index contributed by atoms with van der Waals surface area (Å²) in [6.45, 7) is 4.91. The summed E-state index contributed by atoms with van der Waals surface area (Å²) in [6.07, 6.45) is 2.54. The number of hydrogen-bond acceptors (Lipinski definition) is 5. The van der Waals surface area contributed by atoms with Crippen molar-refractivity contribution in [2.75, 3.05) is 26.6 Å². The first-order valence-electron chi connectivity index (χ1n) is 7.23. The van der Waals surface area contributed by atoms with Crippen LogP contribution in [0.3, 0.4) is 0 Å². The van der Waals surface area contributed by atoms with E-state index in [0.717, 1.165) is 29.4 Å². The summed E-state index contributed by atoms with van der Waals surface area (Å²) in [5, 5.41) is 3.50. The molecule has 0 unspecified atom stereocenters. The van der Waals surface area contributed by atoms with Crippen LogP contribution >= 0.6 is 0 Å². The highest BCUT2D eigenvalue weighted by atomic mass is 16.7. The number of fused-ring (bicyclic) bond motifs is 1. The first kappa shape index (κ1) is 13.5. The molecule has 0 spiro atoms. The van der Waals surface area contributed by atoms with Crippen LogP contribution in [0.4, 0.5) is 0 Å². The second kappa shape index (κ2) is 6.33. The molecule has 0 aromatic heterocycles. The monoisotopic (exact) mass is 279 g/mol. The molecule has 0 bridgehead atoms. The standard InChI is InChI=1S/C15H21NO4/c1-2-17-5-6-18-13-8-15-14(19-10-20-15)7-11(13)9-16-12-3-4-12/h7-8,12,16H,2-6,9-10H2,1H3. The molecule has 1 N–H and O–H groups in total. The van der Waals surface area contributed by atoms with Gasteiger partial charge in [-0.3, -0.25) is 0 Å². The fraction of sp³-hybridized carbons (Fsp3) is 0.600. The van der Waals surface area contributed by atoms with Crippen molar-refractivity contribution in [3.63, 3.8) is 0 Å². The molecule has 1 aliphatic heterocycles. The molecule has 20 heavy (non-hydrogen) atoms. The Labute approximate surface area is 119 Å². The fourth-order valence-electron chi connectivity index (χ4n) is 2.13. The third-order valence-electron chi connectivity index (χ3n) is 3.40. The summed E-state index contributed by atoms with van der Waals surface area (Å²) in [7, 11) is 0. The van der Waals surface area contributed by atoms with Crippen LogP contribution < -0.4 is 19.5 Å². The molecule has 0 atom stereocenters. The van der Waals surface area contributed by atoms with Crippen LogP contribution in [0.5, 0.6) is 17.2 Å². The maximum absolute atomic E-state index is 5.82. The Hall–Kier alpha value is -1.46. The molecule has 5 heteroatoms. The Morgan fingerprint density at radius 2 is 2.00 bits per heavy atom. The van der Waals surface area contributed by atoms with Crippen molar-refractivity contribution in [1.29, 1.82) is 0 Å². The highest BCUT2D eigenvalue weighted by Gasteiger charge is 2.22. The summed E-state index contributed by atoms with van der Waals surface area (Å²) in [6, 6.07) is 4.59. The summed E-state index contributed by atoms with van der Waals surface area (Å²) < 4.78 is 22.0. The van der Waals surface area contributed by atoms with Gasteiger partial charge in [-0.15, -0.1) is 0 Å². The normalized spacial score (nSPS) is 16.4. The number of rotatable bonds is 8. The molecule has 0 amide bonds. The van der Waals surface area contributed by atoms with Crippen LogP contribution in [0, 0.1) is 0 Å². The quantitative estimate of drug-likeness (QED) is 0.738. The number of nitrogens with one attached hydrogen (secondary N) is 1. The smallest absolute Gasteiger partial charge is 0.231 e. The van der Waals surface area contributed by atoms with E-state index < -0.39 is 0 Å². The van der Waals surface area contributed by atoms with Crippen molar-refractivity contribution in [1.82, 2.24) is 5.32 Å². The van der Waals surface area contributed by atoms with Gasteiger partial charge in [-0.2, -0.15) is 0 Å².